The Morgan fingerprint density at radius 1 is 1.26 bits per heavy atom. The van der Waals surface area contributed by atoms with E-state index in [0.29, 0.717) is 19.0 Å². The molecule has 1 fully saturated rings. The van der Waals surface area contributed by atoms with Gasteiger partial charge in [-0.3, -0.25) is 4.90 Å². The zero-order chi connectivity index (χ0) is 19.8. The Morgan fingerprint density at radius 2 is 1.89 bits per heavy atom. The first kappa shape index (κ1) is 21.4. The van der Waals surface area contributed by atoms with Crippen molar-refractivity contribution in [3.8, 4) is 5.75 Å². The van der Waals surface area contributed by atoms with Gasteiger partial charge in [0, 0.05) is 39.3 Å². The third-order valence-electron chi connectivity index (χ3n) is 4.66. The number of carbonyl (C=O) groups excluding carboxylic acids is 1. The van der Waals surface area contributed by atoms with Gasteiger partial charge in [-0.05, 0) is 23.6 Å². The predicted molar refractivity (Wildman–Crippen MR) is 99.0 cm³/mol. The number of urea groups is 1. The highest BCUT2D eigenvalue weighted by Crippen LogP contribution is 2.16. The number of nitrogens with one attached hydrogen (secondary N) is 1. The molecule has 1 N–H and O–H groups in total. The highest BCUT2D eigenvalue weighted by Gasteiger charge is 2.24. The summed E-state index contributed by atoms with van der Waals surface area (Å²) in [5.74, 6) is 0.516. The second-order valence-corrected chi connectivity index (χ2v) is 7.02. The number of rotatable bonds is 8. The normalized spacial score (nSPS) is 16.4. The summed E-state index contributed by atoms with van der Waals surface area (Å²) in [5, 5.41) is 3.00. The lowest BCUT2D eigenvalue weighted by molar-refractivity contribution is -0.0498. The van der Waals surface area contributed by atoms with E-state index < -0.39 is 6.61 Å². The van der Waals surface area contributed by atoms with Crippen molar-refractivity contribution < 1.29 is 23.0 Å². The summed E-state index contributed by atoms with van der Waals surface area (Å²) < 4.78 is 34.1. The number of benzene rings is 1. The number of carbonyl (C=O) groups is 1. The van der Waals surface area contributed by atoms with E-state index in [1.54, 1.807) is 24.1 Å². The van der Waals surface area contributed by atoms with Gasteiger partial charge in [0.25, 0.3) is 0 Å². The third kappa shape index (κ3) is 6.95. The standard InChI is InChI=1S/C19H29F2N3O3/c1-14(2)17(24-8-10-26-11-9-24)12-22-19(25)23(3)13-15-4-6-16(7-5-15)27-18(20)21/h4-7,14,17-18H,8-13H2,1-3H3,(H,22,25). The van der Waals surface area contributed by atoms with Crippen molar-refractivity contribution in [2.45, 2.75) is 33.0 Å². The van der Waals surface area contributed by atoms with Crippen molar-refractivity contribution in [2.24, 2.45) is 5.92 Å². The van der Waals surface area contributed by atoms with Gasteiger partial charge in [-0.2, -0.15) is 8.78 Å². The van der Waals surface area contributed by atoms with Crippen molar-refractivity contribution in [2.75, 3.05) is 39.9 Å². The Hall–Kier alpha value is -1.93. The van der Waals surface area contributed by atoms with Crippen LogP contribution in [0.15, 0.2) is 24.3 Å². The van der Waals surface area contributed by atoms with Crippen LogP contribution in [0.1, 0.15) is 19.4 Å². The fraction of sp³-hybridized carbons (Fsp3) is 0.632. The van der Waals surface area contributed by atoms with E-state index in [1.165, 1.54) is 12.1 Å². The van der Waals surface area contributed by atoms with Gasteiger partial charge in [0.1, 0.15) is 5.75 Å². The quantitative estimate of drug-likeness (QED) is 0.748. The Labute approximate surface area is 159 Å². The minimum absolute atomic E-state index is 0.103. The summed E-state index contributed by atoms with van der Waals surface area (Å²) >= 11 is 0. The summed E-state index contributed by atoms with van der Waals surface area (Å²) in [6, 6.07) is 6.39. The van der Waals surface area contributed by atoms with E-state index in [-0.39, 0.29) is 17.8 Å². The molecular formula is C19H29F2N3O3. The van der Waals surface area contributed by atoms with Crippen molar-refractivity contribution in [3.05, 3.63) is 29.8 Å². The van der Waals surface area contributed by atoms with Crippen LogP contribution in [-0.4, -0.2) is 68.4 Å². The summed E-state index contributed by atoms with van der Waals surface area (Å²) in [6.45, 7) is 5.61. The van der Waals surface area contributed by atoms with E-state index in [4.69, 9.17) is 4.74 Å². The molecule has 0 saturated carbocycles. The second-order valence-electron chi connectivity index (χ2n) is 7.02. The Morgan fingerprint density at radius 3 is 2.44 bits per heavy atom. The molecule has 1 heterocycles. The molecule has 0 aromatic heterocycles. The van der Waals surface area contributed by atoms with Crippen molar-refractivity contribution in [3.63, 3.8) is 0 Å². The van der Waals surface area contributed by atoms with Crippen LogP contribution in [0, 0.1) is 5.92 Å². The van der Waals surface area contributed by atoms with E-state index in [1.807, 2.05) is 0 Å². The van der Waals surface area contributed by atoms with Crippen molar-refractivity contribution >= 4 is 6.03 Å². The minimum atomic E-state index is -2.84. The van der Waals surface area contributed by atoms with Crippen molar-refractivity contribution in [1.29, 1.82) is 0 Å². The molecule has 2 rings (SSSR count). The lowest BCUT2D eigenvalue weighted by atomic mass is 10.0. The average molecular weight is 385 g/mol. The molecule has 0 spiro atoms. The maximum absolute atomic E-state index is 12.4. The highest BCUT2D eigenvalue weighted by molar-refractivity contribution is 5.73. The zero-order valence-corrected chi connectivity index (χ0v) is 16.2. The van der Waals surface area contributed by atoms with Crippen LogP contribution in [-0.2, 0) is 11.3 Å². The molecule has 0 bridgehead atoms. The molecule has 1 aliphatic rings. The van der Waals surface area contributed by atoms with E-state index in [9.17, 15) is 13.6 Å². The number of alkyl halides is 2. The predicted octanol–water partition coefficient (Wildman–Crippen LogP) is 2.79. The Bertz CT molecular complexity index is 578. The van der Waals surface area contributed by atoms with Gasteiger partial charge in [0.15, 0.2) is 0 Å². The van der Waals surface area contributed by atoms with Gasteiger partial charge < -0.3 is 19.7 Å². The lowest BCUT2D eigenvalue weighted by Crippen LogP contribution is -2.52. The van der Waals surface area contributed by atoms with Crippen LogP contribution in [0.4, 0.5) is 13.6 Å². The van der Waals surface area contributed by atoms with Crippen LogP contribution < -0.4 is 10.1 Å². The fourth-order valence-electron chi connectivity index (χ4n) is 3.14. The molecule has 6 nitrogen and oxygen atoms in total. The molecule has 0 radical (unpaired) electrons. The minimum Gasteiger partial charge on any atom is -0.435 e. The third-order valence-corrected chi connectivity index (χ3v) is 4.66. The SMILES string of the molecule is CC(C)C(CNC(=O)N(C)Cc1ccc(OC(F)F)cc1)N1CCOCC1. The number of ether oxygens (including phenoxy) is 2. The van der Waals surface area contributed by atoms with Crippen LogP contribution >= 0.6 is 0 Å². The fourth-order valence-corrected chi connectivity index (χ4v) is 3.14. The first-order valence-electron chi connectivity index (χ1n) is 9.21. The van der Waals surface area contributed by atoms with E-state index in [2.05, 4.69) is 28.8 Å². The van der Waals surface area contributed by atoms with Gasteiger partial charge in [0.2, 0.25) is 0 Å². The number of hydrogen-bond acceptors (Lipinski definition) is 4. The molecule has 1 atom stereocenters. The molecule has 1 unspecified atom stereocenters. The van der Waals surface area contributed by atoms with E-state index >= 15 is 0 Å². The first-order chi connectivity index (χ1) is 12.9. The summed E-state index contributed by atoms with van der Waals surface area (Å²) in [5.41, 5.74) is 0.836. The van der Waals surface area contributed by atoms with Gasteiger partial charge in [-0.25, -0.2) is 4.79 Å². The summed E-state index contributed by atoms with van der Waals surface area (Å²) in [6.07, 6.45) is 0. The maximum atomic E-state index is 12.4. The Balaban J connectivity index is 1.83. The molecule has 2 amide bonds. The monoisotopic (exact) mass is 385 g/mol. The van der Waals surface area contributed by atoms with Crippen LogP contribution in [0.3, 0.4) is 0 Å². The molecular weight excluding hydrogens is 356 g/mol. The molecule has 1 aliphatic heterocycles. The number of nitrogens with zero attached hydrogens (tertiary/aromatic N) is 2. The molecule has 27 heavy (non-hydrogen) atoms. The largest absolute Gasteiger partial charge is 0.435 e. The lowest BCUT2D eigenvalue weighted by Gasteiger charge is -2.37. The van der Waals surface area contributed by atoms with Crippen LogP contribution in [0.2, 0.25) is 0 Å². The molecule has 8 heteroatoms. The molecule has 152 valence electrons. The van der Waals surface area contributed by atoms with Gasteiger partial charge in [0.05, 0.1) is 13.2 Å². The summed E-state index contributed by atoms with van der Waals surface area (Å²) in [7, 11) is 1.71. The number of amides is 2. The van der Waals surface area contributed by atoms with E-state index in [0.717, 1.165) is 31.9 Å². The zero-order valence-electron chi connectivity index (χ0n) is 16.2. The molecule has 0 aliphatic carbocycles. The number of morpholine rings is 1. The summed E-state index contributed by atoms with van der Waals surface area (Å²) in [4.78, 5) is 16.3. The van der Waals surface area contributed by atoms with Gasteiger partial charge >= 0.3 is 12.6 Å². The molecule has 1 aromatic rings. The molecule has 1 aromatic carbocycles. The topological polar surface area (TPSA) is 54.0 Å². The molecule has 1 saturated heterocycles. The number of halogens is 2. The maximum Gasteiger partial charge on any atom is 0.387 e. The second kappa shape index (κ2) is 10.4. The van der Waals surface area contributed by atoms with Gasteiger partial charge in [-0.1, -0.05) is 26.0 Å². The van der Waals surface area contributed by atoms with Crippen molar-refractivity contribution in [1.82, 2.24) is 15.1 Å². The van der Waals surface area contributed by atoms with Crippen LogP contribution in [0.25, 0.3) is 0 Å². The van der Waals surface area contributed by atoms with Crippen LogP contribution in [0.5, 0.6) is 5.75 Å². The number of hydrogen-bond donors (Lipinski definition) is 1. The Kier molecular flexibility index (Phi) is 8.24. The first-order valence-corrected chi connectivity index (χ1v) is 9.21. The smallest absolute Gasteiger partial charge is 0.387 e. The average Bonchev–Trinajstić information content (AvgIpc) is 2.63. The van der Waals surface area contributed by atoms with Gasteiger partial charge in [-0.15, -0.1) is 0 Å². The highest BCUT2D eigenvalue weighted by atomic mass is 19.3.